The monoisotopic (exact) mass is 303 g/mol. The minimum absolute atomic E-state index is 0.165. The van der Waals surface area contributed by atoms with Crippen molar-refractivity contribution < 1.29 is 4.39 Å². The van der Waals surface area contributed by atoms with Gasteiger partial charge in [0.1, 0.15) is 5.82 Å². The Morgan fingerprint density at radius 1 is 1.05 bits per heavy atom. The summed E-state index contributed by atoms with van der Waals surface area (Å²) in [6.45, 7) is 7.90. The van der Waals surface area contributed by atoms with Crippen LogP contribution in [0.4, 0.5) is 4.39 Å². The van der Waals surface area contributed by atoms with Gasteiger partial charge in [-0.2, -0.15) is 0 Å². The predicted octanol–water partition coefficient (Wildman–Crippen LogP) is 5.06. The van der Waals surface area contributed by atoms with Crippen LogP contribution in [0.15, 0.2) is 35.2 Å². The molecule has 2 N–H and O–H groups in total. The Kier molecular flexibility index (Phi) is 5.07. The van der Waals surface area contributed by atoms with Gasteiger partial charge in [0, 0.05) is 16.7 Å². The normalized spacial score (nSPS) is 12.5. The first-order valence-corrected chi connectivity index (χ1v) is 8.11. The van der Waals surface area contributed by atoms with Crippen molar-refractivity contribution in [3.05, 3.63) is 64.0 Å². The first kappa shape index (κ1) is 16.1. The SMILES string of the molecule is Cc1cc(C)cc(CSc2cc(C)c(F)cc2C(C)N)c1. The van der Waals surface area contributed by atoms with Gasteiger partial charge < -0.3 is 5.73 Å². The maximum Gasteiger partial charge on any atom is 0.126 e. The molecule has 2 rings (SSSR count). The Labute approximate surface area is 130 Å². The summed E-state index contributed by atoms with van der Waals surface area (Å²) in [6, 6.07) is 9.88. The lowest BCUT2D eigenvalue weighted by Crippen LogP contribution is -2.07. The highest BCUT2D eigenvalue weighted by atomic mass is 32.2. The van der Waals surface area contributed by atoms with E-state index in [2.05, 4.69) is 32.0 Å². The molecular weight excluding hydrogens is 281 g/mol. The summed E-state index contributed by atoms with van der Waals surface area (Å²) < 4.78 is 13.7. The van der Waals surface area contributed by atoms with Gasteiger partial charge in [0.05, 0.1) is 0 Å². The molecule has 2 aromatic carbocycles. The Morgan fingerprint density at radius 3 is 2.24 bits per heavy atom. The molecule has 112 valence electrons. The average molecular weight is 303 g/mol. The molecular formula is C18H22FNS. The second-order valence-corrected chi connectivity index (χ2v) is 6.73. The van der Waals surface area contributed by atoms with Gasteiger partial charge in [-0.1, -0.05) is 29.3 Å². The minimum Gasteiger partial charge on any atom is -0.324 e. The molecule has 0 aliphatic heterocycles. The van der Waals surface area contributed by atoms with Gasteiger partial charge >= 0.3 is 0 Å². The highest BCUT2D eigenvalue weighted by Gasteiger charge is 2.11. The van der Waals surface area contributed by atoms with Crippen LogP contribution in [-0.4, -0.2) is 0 Å². The highest BCUT2D eigenvalue weighted by molar-refractivity contribution is 7.98. The fourth-order valence-corrected chi connectivity index (χ4v) is 3.63. The van der Waals surface area contributed by atoms with Crippen LogP contribution in [0.1, 0.15) is 40.8 Å². The van der Waals surface area contributed by atoms with Crippen LogP contribution in [0.25, 0.3) is 0 Å². The zero-order valence-electron chi connectivity index (χ0n) is 13.0. The summed E-state index contributed by atoms with van der Waals surface area (Å²) in [4.78, 5) is 1.07. The van der Waals surface area contributed by atoms with E-state index in [1.807, 2.05) is 13.0 Å². The molecule has 1 atom stereocenters. The van der Waals surface area contributed by atoms with E-state index >= 15 is 0 Å². The third-order valence-corrected chi connectivity index (χ3v) is 4.60. The average Bonchev–Trinajstić information content (AvgIpc) is 2.38. The molecule has 0 aliphatic carbocycles. The molecule has 1 unspecified atom stereocenters. The molecule has 2 aromatic rings. The van der Waals surface area contributed by atoms with E-state index in [0.29, 0.717) is 5.56 Å². The summed E-state index contributed by atoms with van der Waals surface area (Å²) in [5, 5.41) is 0. The largest absolute Gasteiger partial charge is 0.324 e. The lowest BCUT2D eigenvalue weighted by atomic mass is 10.1. The number of aryl methyl sites for hydroxylation is 3. The first-order chi connectivity index (χ1) is 9.86. The van der Waals surface area contributed by atoms with Crippen molar-refractivity contribution >= 4 is 11.8 Å². The van der Waals surface area contributed by atoms with Gasteiger partial charge in [-0.05, 0) is 56.5 Å². The van der Waals surface area contributed by atoms with Gasteiger partial charge in [0.2, 0.25) is 0 Å². The van der Waals surface area contributed by atoms with Crippen LogP contribution in [0, 0.1) is 26.6 Å². The fraction of sp³-hybridized carbons (Fsp3) is 0.333. The first-order valence-electron chi connectivity index (χ1n) is 7.12. The van der Waals surface area contributed by atoms with E-state index in [9.17, 15) is 4.39 Å². The van der Waals surface area contributed by atoms with E-state index in [1.54, 1.807) is 24.8 Å². The van der Waals surface area contributed by atoms with Crippen molar-refractivity contribution in [1.82, 2.24) is 0 Å². The van der Waals surface area contributed by atoms with Crippen molar-refractivity contribution in [2.24, 2.45) is 5.73 Å². The molecule has 0 heterocycles. The van der Waals surface area contributed by atoms with Gasteiger partial charge in [-0.15, -0.1) is 11.8 Å². The molecule has 0 bridgehead atoms. The zero-order valence-corrected chi connectivity index (χ0v) is 13.9. The lowest BCUT2D eigenvalue weighted by molar-refractivity contribution is 0.610. The number of halogens is 1. The summed E-state index contributed by atoms with van der Waals surface area (Å²) >= 11 is 1.72. The van der Waals surface area contributed by atoms with Crippen molar-refractivity contribution in [2.45, 2.75) is 44.4 Å². The number of benzene rings is 2. The molecule has 0 aliphatic rings. The second kappa shape index (κ2) is 6.63. The fourth-order valence-electron chi connectivity index (χ4n) is 2.46. The van der Waals surface area contributed by atoms with Crippen LogP contribution < -0.4 is 5.73 Å². The summed E-state index contributed by atoms with van der Waals surface area (Å²) in [5.74, 6) is 0.686. The summed E-state index contributed by atoms with van der Waals surface area (Å²) in [5.41, 5.74) is 11.4. The molecule has 0 saturated heterocycles. The Bertz CT molecular complexity index is 630. The molecule has 0 fully saturated rings. The topological polar surface area (TPSA) is 26.0 Å². The second-order valence-electron chi connectivity index (χ2n) is 5.71. The maximum absolute atomic E-state index is 13.7. The van der Waals surface area contributed by atoms with Crippen molar-refractivity contribution in [3.8, 4) is 0 Å². The van der Waals surface area contributed by atoms with Crippen LogP contribution in [0.5, 0.6) is 0 Å². The molecule has 0 saturated carbocycles. The quantitative estimate of drug-likeness (QED) is 0.799. The maximum atomic E-state index is 13.7. The number of hydrogen-bond donors (Lipinski definition) is 1. The van der Waals surface area contributed by atoms with E-state index < -0.39 is 0 Å². The predicted molar refractivity (Wildman–Crippen MR) is 89.2 cm³/mol. The lowest BCUT2D eigenvalue weighted by Gasteiger charge is -2.14. The van der Waals surface area contributed by atoms with E-state index in [-0.39, 0.29) is 11.9 Å². The van der Waals surface area contributed by atoms with Gasteiger partial charge in [0.15, 0.2) is 0 Å². The van der Waals surface area contributed by atoms with Crippen molar-refractivity contribution in [3.63, 3.8) is 0 Å². The number of nitrogens with two attached hydrogens (primary N) is 1. The molecule has 0 radical (unpaired) electrons. The van der Waals surface area contributed by atoms with Crippen molar-refractivity contribution in [2.75, 3.05) is 0 Å². The van der Waals surface area contributed by atoms with Crippen LogP contribution in [0.3, 0.4) is 0 Å². The Balaban J connectivity index is 2.25. The number of hydrogen-bond acceptors (Lipinski definition) is 2. The highest BCUT2D eigenvalue weighted by Crippen LogP contribution is 2.31. The number of thioether (sulfide) groups is 1. The van der Waals surface area contributed by atoms with Gasteiger partial charge in [-0.3, -0.25) is 0 Å². The standard InChI is InChI=1S/C18H22FNS/c1-11-5-12(2)7-15(6-11)10-21-18-8-13(3)17(19)9-16(18)14(4)20/h5-9,14H,10,20H2,1-4H3. The van der Waals surface area contributed by atoms with E-state index in [0.717, 1.165) is 16.2 Å². The minimum atomic E-state index is -0.182. The summed E-state index contributed by atoms with van der Waals surface area (Å²) in [6.07, 6.45) is 0. The summed E-state index contributed by atoms with van der Waals surface area (Å²) in [7, 11) is 0. The molecule has 0 spiro atoms. The van der Waals surface area contributed by atoms with Gasteiger partial charge in [-0.25, -0.2) is 4.39 Å². The van der Waals surface area contributed by atoms with Crippen molar-refractivity contribution in [1.29, 1.82) is 0 Å². The van der Waals surface area contributed by atoms with E-state index in [1.165, 1.54) is 16.7 Å². The smallest absolute Gasteiger partial charge is 0.126 e. The van der Waals surface area contributed by atoms with E-state index in [4.69, 9.17) is 5.73 Å². The molecule has 1 nitrogen and oxygen atoms in total. The molecule has 0 amide bonds. The van der Waals surface area contributed by atoms with Crippen LogP contribution in [-0.2, 0) is 5.75 Å². The van der Waals surface area contributed by atoms with Crippen LogP contribution >= 0.6 is 11.8 Å². The van der Waals surface area contributed by atoms with Crippen LogP contribution in [0.2, 0.25) is 0 Å². The number of rotatable bonds is 4. The van der Waals surface area contributed by atoms with Gasteiger partial charge in [0.25, 0.3) is 0 Å². The Hall–Kier alpha value is -1.32. The molecule has 21 heavy (non-hydrogen) atoms. The molecule has 0 aromatic heterocycles. The molecule has 3 heteroatoms. The third kappa shape index (κ3) is 4.08. The third-order valence-electron chi connectivity index (χ3n) is 3.46. The zero-order chi connectivity index (χ0) is 15.6. The Morgan fingerprint density at radius 2 is 1.67 bits per heavy atom.